The van der Waals surface area contributed by atoms with Crippen LogP contribution in [0.15, 0.2) is 24.3 Å². The van der Waals surface area contributed by atoms with Crippen molar-refractivity contribution in [3.05, 3.63) is 29.8 Å². The predicted octanol–water partition coefficient (Wildman–Crippen LogP) is 2.25. The van der Waals surface area contributed by atoms with E-state index in [1.165, 1.54) is 4.90 Å². The third-order valence-corrected chi connectivity index (χ3v) is 4.38. The van der Waals surface area contributed by atoms with Crippen LogP contribution in [0.1, 0.15) is 32.8 Å². The number of amides is 2. The fraction of sp³-hybridized carbons (Fsp3) is 0.400. The number of rotatable bonds is 3. The van der Waals surface area contributed by atoms with E-state index >= 15 is 0 Å². The largest absolute Gasteiger partial charge is 0.389 e. The van der Waals surface area contributed by atoms with Gasteiger partial charge in [-0.2, -0.15) is 0 Å². The molecule has 2 N–H and O–H groups in total. The highest BCUT2D eigenvalue weighted by atomic mass is 32.1. The summed E-state index contributed by atoms with van der Waals surface area (Å²) in [5.74, 6) is -0.185. The fourth-order valence-corrected chi connectivity index (χ4v) is 2.46. The Morgan fingerprint density at radius 2 is 1.85 bits per heavy atom. The van der Waals surface area contributed by atoms with Gasteiger partial charge in [0.15, 0.2) is 0 Å². The number of anilines is 1. The summed E-state index contributed by atoms with van der Waals surface area (Å²) < 4.78 is 0. The molecule has 0 radical (unpaired) electrons. The smallest absolute Gasteiger partial charge is 0.240 e. The summed E-state index contributed by atoms with van der Waals surface area (Å²) in [4.78, 5) is 26.3. The second kappa shape index (κ2) is 4.98. The molecule has 0 bridgehead atoms. The lowest BCUT2D eigenvalue weighted by Gasteiger charge is -2.26. The third-order valence-electron chi connectivity index (χ3n) is 4.14. The van der Waals surface area contributed by atoms with Gasteiger partial charge in [-0.3, -0.25) is 14.5 Å². The number of benzene rings is 1. The molecule has 1 aliphatic rings. The second-order valence-electron chi connectivity index (χ2n) is 5.69. The first-order valence-corrected chi connectivity index (χ1v) is 6.95. The summed E-state index contributed by atoms with van der Waals surface area (Å²) in [6.45, 7) is 5.77. The van der Waals surface area contributed by atoms with E-state index in [0.717, 1.165) is 5.56 Å². The number of thiocarbonyl (C=S) groups is 1. The quantitative estimate of drug-likeness (QED) is 0.685. The van der Waals surface area contributed by atoms with Gasteiger partial charge >= 0.3 is 0 Å². The molecule has 4 nitrogen and oxygen atoms in total. The summed E-state index contributed by atoms with van der Waals surface area (Å²) in [5, 5.41) is 0. The van der Waals surface area contributed by atoms with Crippen molar-refractivity contribution in [2.24, 2.45) is 17.1 Å². The number of hydrogen-bond donors (Lipinski definition) is 1. The average Bonchev–Trinajstić information content (AvgIpc) is 2.61. The van der Waals surface area contributed by atoms with Crippen molar-refractivity contribution in [3.8, 4) is 0 Å². The Morgan fingerprint density at radius 1 is 1.30 bits per heavy atom. The summed E-state index contributed by atoms with van der Waals surface area (Å²) in [6, 6.07) is 6.86. The summed E-state index contributed by atoms with van der Waals surface area (Å²) in [7, 11) is 0. The monoisotopic (exact) mass is 290 g/mol. The Bertz CT molecular complexity index is 580. The Balaban J connectivity index is 2.36. The second-order valence-corrected chi connectivity index (χ2v) is 6.13. The zero-order chi connectivity index (χ0) is 15.1. The van der Waals surface area contributed by atoms with Crippen LogP contribution in [0.2, 0.25) is 0 Å². The summed E-state index contributed by atoms with van der Waals surface area (Å²) >= 11 is 4.89. The molecule has 0 saturated carbocycles. The van der Waals surface area contributed by atoms with Crippen molar-refractivity contribution in [2.75, 3.05) is 4.90 Å². The molecule has 1 heterocycles. The van der Waals surface area contributed by atoms with Crippen LogP contribution >= 0.6 is 12.2 Å². The van der Waals surface area contributed by atoms with Gasteiger partial charge in [-0.15, -0.1) is 0 Å². The molecular weight excluding hydrogens is 272 g/mol. The fourth-order valence-electron chi connectivity index (χ4n) is 2.32. The van der Waals surface area contributed by atoms with Crippen LogP contribution in [0.25, 0.3) is 0 Å². The lowest BCUT2D eigenvalue weighted by molar-refractivity contribution is -0.126. The van der Waals surface area contributed by atoms with Gasteiger partial charge in [-0.1, -0.05) is 26.1 Å². The molecule has 0 aliphatic carbocycles. The van der Waals surface area contributed by atoms with Crippen LogP contribution in [-0.2, 0) is 9.59 Å². The molecule has 20 heavy (non-hydrogen) atoms. The first-order valence-electron chi connectivity index (χ1n) is 6.54. The van der Waals surface area contributed by atoms with E-state index in [2.05, 4.69) is 0 Å². The zero-order valence-corrected chi connectivity index (χ0v) is 12.7. The van der Waals surface area contributed by atoms with Crippen molar-refractivity contribution >= 4 is 34.7 Å². The van der Waals surface area contributed by atoms with Crippen LogP contribution in [0, 0.1) is 11.3 Å². The zero-order valence-electron chi connectivity index (χ0n) is 11.8. The maximum atomic E-state index is 12.6. The molecule has 1 saturated heterocycles. The minimum atomic E-state index is -0.626. The van der Waals surface area contributed by atoms with E-state index in [-0.39, 0.29) is 24.2 Å². The highest BCUT2D eigenvalue weighted by Gasteiger charge is 2.50. The van der Waals surface area contributed by atoms with Gasteiger partial charge in [0, 0.05) is 12.0 Å². The normalized spacial score (nSPS) is 22.7. The van der Waals surface area contributed by atoms with Crippen LogP contribution in [-0.4, -0.2) is 16.8 Å². The average molecular weight is 290 g/mol. The molecule has 5 heteroatoms. The molecule has 1 aromatic carbocycles. The maximum absolute atomic E-state index is 12.6. The lowest BCUT2D eigenvalue weighted by Crippen LogP contribution is -2.36. The Hall–Kier alpha value is -1.75. The van der Waals surface area contributed by atoms with E-state index in [1.54, 1.807) is 24.3 Å². The number of carbonyl (C=O) groups is 2. The minimum Gasteiger partial charge on any atom is -0.389 e. The lowest BCUT2D eigenvalue weighted by atomic mass is 9.78. The number of carbonyl (C=O) groups excluding carboxylic acids is 2. The number of imide groups is 1. The van der Waals surface area contributed by atoms with Crippen LogP contribution in [0.3, 0.4) is 0 Å². The van der Waals surface area contributed by atoms with Crippen LogP contribution < -0.4 is 10.6 Å². The molecule has 1 fully saturated rings. The molecule has 1 aromatic rings. The predicted molar refractivity (Wildman–Crippen MR) is 82.4 cm³/mol. The van der Waals surface area contributed by atoms with E-state index < -0.39 is 5.41 Å². The van der Waals surface area contributed by atoms with E-state index in [9.17, 15) is 9.59 Å². The van der Waals surface area contributed by atoms with Crippen LogP contribution in [0.4, 0.5) is 5.69 Å². The molecule has 1 atom stereocenters. The molecule has 1 unspecified atom stereocenters. The first kappa shape index (κ1) is 14.7. The molecule has 0 spiro atoms. The molecule has 1 aliphatic heterocycles. The van der Waals surface area contributed by atoms with Crippen molar-refractivity contribution in [2.45, 2.75) is 27.2 Å². The van der Waals surface area contributed by atoms with Gasteiger partial charge in [0.25, 0.3) is 0 Å². The highest BCUT2D eigenvalue weighted by molar-refractivity contribution is 7.80. The van der Waals surface area contributed by atoms with Crippen LogP contribution in [0.5, 0.6) is 0 Å². The number of hydrogen-bond acceptors (Lipinski definition) is 3. The minimum absolute atomic E-state index is 0.111. The molecule has 106 valence electrons. The first-order chi connectivity index (χ1) is 9.27. The van der Waals surface area contributed by atoms with Gasteiger partial charge in [0.1, 0.15) is 4.99 Å². The van der Waals surface area contributed by atoms with E-state index in [1.807, 2.05) is 20.8 Å². The van der Waals surface area contributed by atoms with Gasteiger partial charge in [-0.25, -0.2) is 0 Å². The SMILES string of the molecule is CC(C)C1(C)CC(=O)N(c2ccc(C(N)=S)cc2)C1=O. The van der Waals surface area contributed by atoms with Crippen molar-refractivity contribution in [1.82, 2.24) is 0 Å². The molecule has 2 amide bonds. The van der Waals surface area contributed by atoms with Crippen molar-refractivity contribution in [1.29, 1.82) is 0 Å². The standard InChI is InChI=1S/C15H18N2O2S/c1-9(2)15(3)8-12(18)17(14(15)19)11-6-4-10(5-7-11)13(16)20/h4-7,9H,8H2,1-3H3,(H2,16,20). The summed E-state index contributed by atoms with van der Waals surface area (Å²) in [6.07, 6.45) is 0.251. The maximum Gasteiger partial charge on any atom is 0.240 e. The topological polar surface area (TPSA) is 63.4 Å². The van der Waals surface area contributed by atoms with E-state index in [0.29, 0.717) is 10.7 Å². The van der Waals surface area contributed by atoms with Gasteiger partial charge in [-0.05, 0) is 37.1 Å². The Kier molecular flexibility index (Phi) is 3.65. The molecular formula is C15H18N2O2S. The molecule has 2 rings (SSSR count). The Labute approximate surface area is 123 Å². The number of nitrogens with two attached hydrogens (primary N) is 1. The van der Waals surface area contributed by atoms with Gasteiger partial charge < -0.3 is 5.73 Å². The summed E-state index contributed by atoms with van der Waals surface area (Å²) in [5.41, 5.74) is 6.20. The van der Waals surface area contributed by atoms with Crippen molar-refractivity contribution in [3.63, 3.8) is 0 Å². The Morgan fingerprint density at radius 3 is 2.25 bits per heavy atom. The third kappa shape index (κ3) is 2.22. The highest BCUT2D eigenvalue weighted by Crippen LogP contribution is 2.41. The van der Waals surface area contributed by atoms with Crippen molar-refractivity contribution < 1.29 is 9.59 Å². The van der Waals surface area contributed by atoms with E-state index in [4.69, 9.17) is 18.0 Å². The van der Waals surface area contributed by atoms with Gasteiger partial charge in [0.2, 0.25) is 11.8 Å². The molecule has 0 aromatic heterocycles. The number of nitrogens with zero attached hydrogens (tertiary/aromatic N) is 1. The van der Waals surface area contributed by atoms with Gasteiger partial charge in [0.05, 0.1) is 11.1 Å².